The molecule has 0 aliphatic rings. The van der Waals surface area contributed by atoms with Gasteiger partial charge in [0.2, 0.25) is 0 Å². The molecule has 0 bridgehead atoms. The first kappa shape index (κ1) is 17.9. The Balaban J connectivity index is 0.00000220. The maximum absolute atomic E-state index is 4.50. The summed E-state index contributed by atoms with van der Waals surface area (Å²) >= 11 is 1.69. The van der Waals surface area contributed by atoms with Gasteiger partial charge < -0.3 is 10.6 Å². The van der Waals surface area contributed by atoms with Crippen LogP contribution < -0.4 is 10.6 Å². The molecule has 0 fully saturated rings. The van der Waals surface area contributed by atoms with E-state index in [0.29, 0.717) is 6.54 Å². The van der Waals surface area contributed by atoms with E-state index < -0.39 is 0 Å². The number of thiazole rings is 1. The van der Waals surface area contributed by atoms with E-state index in [1.54, 1.807) is 17.5 Å². The molecule has 3 N–H and O–H groups in total. The highest BCUT2D eigenvalue weighted by Crippen LogP contribution is 2.07. The molecule has 0 saturated carbocycles. The number of hydrogen-bond acceptors (Lipinski definition) is 4. The normalized spacial score (nSPS) is 11.0. The van der Waals surface area contributed by atoms with Crippen molar-refractivity contribution >= 4 is 41.3 Å². The molecule has 2 aromatic heterocycles. The average molecular weight is 420 g/mol. The zero-order chi connectivity index (χ0) is 14.2. The van der Waals surface area contributed by atoms with Gasteiger partial charge in [0.1, 0.15) is 0 Å². The number of aromatic nitrogens is 3. The summed E-state index contributed by atoms with van der Waals surface area (Å²) in [6.07, 6.45) is 2.63. The second-order valence-corrected chi connectivity index (χ2v) is 5.37. The molecular formula is C13H21IN6S. The lowest BCUT2D eigenvalue weighted by atomic mass is 10.3. The van der Waals surface area contributed by atoms with Crippen LogP contribution in [0.1, 0.15) is 23.3 Å². The van der Waals surface area contributed by atoms with E-state index >= 15 is 0 Å². The van der Waals surface area contributed by atoms with Gasteiger partial charge in [0.25, 0.3) is 0 Å². The van der Waals surface area contributed by atoms with Crippen molar-refractivity contribution in [2.24, 2.45) is 4.99 Å². The van der Waals surface area contributed by atoms with Crippen LogP contribution in [0.3, 0.4) is 0 Å². The molecule has 2 heterocycles. The van der Waals surface area contributed by atoms with E-state index in [0.717, 1.165) is 41.9 Å². The Kier molecular flexibility index (Phi) is 8.28. The van der Waals surface area contributed by atoms with Crippen LogP contribution in [0.5, 0.6) is 0 Å². The van der Waals surface area contributed by atoms with E-state index in [1.807, 2.05) is 13.0 Å². The minimum absolute atomic E-state index is 0. The second-order valence-electron chi connectivity index (χ2n) is 4.31. The van der Waals surface area contributed by atoms with Crippen LogP contribution in [-0.2, 0) is 13.0 Å². The number of guanidine groups is 1. The molecule has 0 aromatic carbocycles. The second kappa shape index (κ2) is 9.72. The van der Waals surface area contributed by atoms with Gasteiger partial charge in [-0.2, -0.15) is 5.10 Å². The first-order valence-electron chi connectivity index (χ1n) is 6.69. The summed E-state index contributed by atoms with van der Waals surface area (Å²) in [7, 11) is 0. The van der Waals surface area contributed by atoms with Gasteiger partial charge in [-0.1, -0.05) is 0 Å². The molecule has 0 aliphatic heterocycles. The highest BCUT2D eigenvalue weighted by Gasteiger charge is 2.01. The number of aromatic amines is 1. The fourth-order valence-corrected chi connectivity index (χ4v) is 2.36. The summed E-state index contributed by atoms with van der Waals surface area (Å²) in [5, 5.41) is 16.6. The zero-order valence-corrected chi connectivity index (χ0v) is 15.4. The molecule has 0 amide bonds. The Labute approximate surface area is 145 Å². The lowest BCUT2D eigenvalue weighted by molar-refractivity contribution is 0.787. The summed E-state index contributed by atoms with van der Waals surface area (Å²) in [6.45, 7) is 6.32. The number of rotatable bonds is 6. The van der Waals surface area contributed by atoms with Gasteiger partial charge in [0, 0.05) is 31.1 Å². The quantitative estimate of drug-likeness (QED) is 0.380. The van der Waals surface area contributed by atoms with Crippen molar-refractivity contribution in [3.63, 3.8) is 0 Å². The van der Waals surface area contributed by atoms with Crippen molar-refractivity contribution in [1.29, 1.82) is 0 Å². The van der Waals surface area contributed by atoms with Gasteiger partial charge in [-0.3, -0.25) is 5.10 Å². The van der Waals surface area contributed by atoms with Crippen molar-refractivity contribution < 1.29 is 0 Å². The van der Waals surface area contributed by atoms with Crippen molar-refractivity contribution in [2.45, 2.75) is 26.8 Å². The molecule has 0 radical (unpaired) electrons. The predicted molar refractivity (Wildman–Crippen MR) is 97.4 cm³/mol. The predicted octanol–water partition coefficient (Wildman–Crippen LogP) is 2.09. The van der Waals surface area contributed by atoms with Gasteiger partial charge >= 0.3 is 0 Å². The molecule has 0 atom stereocenters. The number of aliphatic imine (C=N–C) groups is 1. The minimum atomic E-state index is 0. The number of nitrogens with one attached hydrogen (secondary N) is 3. The van der Waals surface area contributed by atoms with E-state index in [2.05, 4.69) is 43.1 Å². The number of hydrogen-bond donors (Lipinski definition) is 3. The first-order valence-corrected chi connectivity index (χ1v) is 7.57. The maximum Gasteiger partial charge on any atom is 0.191 e. The third-order valence-corrected chi connectivity index (χ3v) is 3.47. The fraction of sp³-hybridized carbons (Fsp3) is 0.462. The van der Waals surface area contributed by atoms with Gasteiger partial charge in [-0.25, -0.2) is 9.98 Å². The molecule has 21 heavy (non-hydrogen) atoms. The third-order valence-electron chi connectivity index (χ3n) is 2.65. The Morgan fingerprint density at radius 1 is 1.43 bits per heavy atom. The largest absolute Gasteiger partial charge is 0.357 e. The van der Waals surface area contributed by atoms with Gasteiger partial charge in [0.05, 0.1) is 22.9 Å². The summed E-state index contributed by atoms with van der Waals surface area (Å²) in [5.41, 5.74) is 2.13. The highest BCUT2D eigenvalue weighted by atomic mass is 127. The molecule has 116 valence electrons. The summed E-state index contributed by atoms with van der Waals surface area (Å²) < 4.78 is 0. The van der Waals surface area contributed by atoms with Gasteiger partial charge in [0.15, 0.2) is 5.96 Å². The van der Waals surface area contributed by atoms with Crippen LogP contribution in [0, 0.1) is 6.92 Å². The van der Waals surface area contributed by atoms with Crippen LogP contribution in [0.15, 0.2) is 22.6 Å². The monoisotopic (exact) mass is 420 g/mol. The summed E-state index contributed by atoms with van der Waals surface area (Å²) in [4.78, 5) is 8.94. The Hall–Kier alpha value is -1.16. The van der Waals surface area contributed by atoms with Crippen molar-refractivity contribution in [1.82, 2.24) is 25.8 Å². The standard InChI is InChI=1S/C13H20N6S.HI/c1-3-14-13(16-8-11-5-7-17-19-11)15-6-4-12-9-20-10(2)18-12;/h5,7,9H,3-4,6,8H2,1-2H3,(H,17,19)(H2,14,15,16);1H. The molecule has 2 rings (SSSR count). The smallest absolute Gasteiger partial charge is 0.191 e. The number of H-pyrrole nitrogens is 1. The SMILES string of the molecule is CCNC(=NCc1ccn[nH]1)NCCc1csc(C)n1.I. The molecule has 0 aliphatic carbocycles. The summed E-state index contributed by atoms with van der Waals surface area (Å²) in [6, 6.07) is 1.92. The van der Waals surface area contributed by atoms with Crippen molar-refractivity contribution in [2.75, 3.05) is 13.1 Å². The van der Waals surface area contributed by atoms with E-state index in [4.69, 9.17) is 0 Å². The maximum atomic E-state index is 4.50. The minimum Gasteiger partial charge on any atom is -0.357 e. The fourth-order valence-electron chi connectivity index (χ4n) is 1.71. The van der Waals surface area contributed by atoms with Gasteiger partial charge in [-0.05, 0) is 19.9 Å². The number of aryl methyl sites for hydroxylation is 1. The van der Waals surface area contributed by atoms with E-state index in [-0.39, 0.29) is 24.0 Å². The van der Waals surface area contributed by atoms with E-state index in [1.165, 1.54) is 0 Å². The van der Waals surface area contributed by atoms with Crippen LogP contribution >= 0.6 is 35.3 Å². The molecule has 0 saturated heterocycles. The average Bonchev–Trinajstić information content (AvgIpc) is 3.08. The lowest BCUT2D eigenvalue weighted by Crippen LogP contribution is -2.38. The van der Waals surface area contributed by atoms with E-state index in [9.17, 15) is 0 Å². The first-order chi connectivity index (χ1) is 9.78. The number of halogens is 1. The topological polar surface area (TPSA) is 78.0 Å². The molecular weight excluding hydrogens is 399 g/mol. The molecule has 0 unspecified atom stereocenters. The van der Waals surface area contributed by atoms with Crippen LogP contribution in [0.2, 0.25) is 0 Å². The lowest BCUT2D eigenvalue weighted by Gasteiger charge is -2.10. The third kappa shape index (κ3) is 6.42. The zero-order valence-electron chi connectivity index (χ0n) is 12.2. The summed E-state index contributed by atoms with van der Waals surface area (Å²) in [5.74, 6) is 0.814. The van der Waals surface area contributed by atoms with Gasteiger partial charge in [-0.15, -0.1) is 35.3 Å². The molecule has 0 spiro atoms. The molecule has 6 nitrogen and oxygen atoms in total. The Bertz CT molecular complexity index is 537. The van der Waals surface area contributed by atoms with Crippen LogP contribution in [0.4, 0.5) is 0 Å². The molecule has 8 heteroatoms. The molecule has 2 aromatic rings. The van der Waals surface area contributed by atoms with Crippen LogP contribution in [0.25, 0.3) is 0 Å². The van der Waals surface area contributed by atoms with Crippen molar-refractivity contribution in [3.05, 3.63) is 34.0 Å². The van der Waals surface area contributed by atoms with Crippen molar-refractivity contribution in [3.8, 4) is 0 Å². The van der Waals surface area contributed by atoms with Crippen LogP contribution in [-0.4, -0.2) is 34.2 Å². The number of nitrogens with zero attached hydrogens (tertiary/aromatic N) is 3. The Morgan fingerprint density at radius 2 is 2.29 bits per heavy atom. The Morgan fingerprint density at radius 3 is 2.90 bits per heavy atom. The highest BCUT2D eigenvalue weighted by molar-refractivity contribution is 14.0.